The molecule has 0 unspecified atom stereocenters. The van der Waals surface area contributed by atoms with Gasteiger partial charge in [-0.05, 0) is 31.2 Å². The molecule has 2 rings (SSSR count). The topological polar surface area (TPSA) is 98.9 Å². The summed E-state index contributed by atoms with van der Waals surface area (Å²) in [6.45, 7) is 1.17. The average molecular weight is 406 g/mol. The van der Waals surface area contributed by atoms with E-state index in [9.17, 15) is 28.1 Å². The van der Waals surface area contributed by atoms with Gasteiger partial charge in [-0.3, -0.25) is 10.1 Å². The third kappa shape index (κ3) is 5.00. The number of carboxylic acid groups (broad SMARTS) is 1. The van der Waals surface area contributed by atoms with Gasteiger partial charge in [0.2, 0.25) is 5.75 Å². The Bertz CT molecular complexity index is 887. The van der Waals surface area contributed by atoms with E-state index in [1.54, 1.807) is 0 Å². The van der Waals surface area contributed by atoms with E-state index in [0.717, 1.165) is 24.3 Å². The highest BCUT2D eigenvalue weighted by molar-refractivity contribution is 6.32. The van der Waals surface area contributed by atoms with Gasteiger partial charge in [-0.25, -0.2) is 4.79 Å². The lowest BCUT2D eigenvalue weighted by molar-refractivity contribution is -0.386. The predicted molar refractivity (Wildman–Crippen MR) is 87.4 cm³/mol. The number of benzene rings is 2. The number of alkyl halides is 3. The van der Waals surface area contributed by atoms with E-state index in [1.165, 1.54) is 13.0 Å². The molecule has 0 bridgehead atoms. The molecule has 0 heterocycles. The summed E-state index contributed by atoms with van der Waals surface area (Å²) in [4.78, 5) is 21.1. The zero-order valence-electron chi connectivity index (χ0n) is 13.5. The van der Waals surface area contributed by atoms with E-state index in [-0.39, 0.29) is 22.3 Å². The maximum absolute atomic E-state index is 12.7. The summed E-state index contributed by atoms with van der Waals surface area (Å²) in [5.74, 6) is -1.90. The molecule has 0 spiro atoms. The normalized spacial score (nSPS) is 12.3. The molecule has 11 heteroatoms. The Morgan fingerprint density at radius 2 is 1.89 bits per heavy atom. The standard InChI is InChI=1S/C16H11ClF3NO6/c1-8(15(22)23)26-14-7-10(3-4-12(14)21(24)25)27-13-5-2-9(6-11(13)17)16(18,19)20/h2-8H,1H3,(H,22,23)/t8-/m0/s1. The second kappa shape index (κ2) is 7.70. The fourth-order valence-corrected chi connectivity index (χ4v) is 2.15. The molecule has 2 aromatic carbocycles. The van der Waals surface area contributed by atoms with Gasteiger partial charge in [0.05, 0.1) is 15.5 Å². The number of nitrogens with zero attached hydrogens (tertiary/aromatic N) is 1. The van der Waals surface area contributed by atoms with Crippen LogP contribution in [-0.2, 0) is 11.0 Å². The van der Waals surface area contributed by atoms with Gasteiger partial charge in [0, 0.05) is 12.1 Å². The Hall–Kier alpha value is -3.01. The average Bonchev–Trinajstić information content (AvgIpc) is 2.55. The van der Waals surface area contributed by atoms with Crippen LogP contribution in [0.5, 0.6) is 17.2 Å². The van der Waals surface area contributed by atoms with Crippen LogP contribution in [0.3, 0.4) is 0 Å². The number of carbonyl (C=O) groups is 1. The summed E-state index contributed by atoms with van der Waals surface area (Å²) in [7, 11) is 0. The molecule has 0 aliphatic rings. The van der Waals surface area contributed by atoms with Gasteiger partial charge < -0.3 is 14.6 Å². The van der Waals surface area contributed by atoms with Gasteiger partial charge in [-0.2, -0.15) is 13.2 Å². The molecular formula is C16H11ClF3NO6. The number of ether oxygens (including phenoxy) is 2. The molecule has 0 saturated carbocycles. The minimum Gasteiger partial charge on any atom is -0.479 e. The summed E-state index contributed by atoms with van der Waals surface area (Å²) in [6.07, 6.45) is -5.96. The van der Waals surface area contributed by atoms with Crippen molar-refractivity contribution in [3.05, 3.63) is 57.1 Å². The van der Waals surface area contributed by atoms with Crippen LogP contribution >= 0.6 is 11.6 Å². The van der Waals surface area contributed by atoms with Crippen molar-refractivity contribution in [3.63, 3.8) is 0 Å². The zero-order valence-corrected chi connectivity index (χ0v) is 14.2. The maximum Gasteiger partial charge on any atom is 0.416 e. The van der Waals surface area contributed by atoms with Gasteiger partial charge in [0.15, 0.2) is 6.10 Å². The molecule has 0 radical (unpaired) electrons. The van der Waals surface area contributed by atoms with Gasteiger partial charge >= 0.3 is 17.8 Å². The number of hydrogen-bond donors (Lipinski definition) is 1. The van der Waals surface area contributed by atoms with E-state index in [2.05, 4.69) is 0 Å². The number of hydrogen-bond acceptors (Lipinski definition) is 5. The minimum absolute atomic E-state index is 0.0464. The summed E-state index contributed by atoms with van der Waals surface area (Å²) in [5.41, 5.74) is -1.48. The molecular weight excluding hydrogens is 395 g/mol. The highest BCUT2D eigenvalue weighted by Crippen LogP contribution is 2.38. The molecule has 0 aliphatic heterocycles. The fourth-order valence-electron chi connectivity index (χ4n) is 1.93. The third-order valence-electron chi connectivity index (χ3n) is 3.27. The maximum atomic E-state index is 12.7. The summed E-state index contributed by atoms with van der Waals surface area (Å²) in [6, 6.07) is 5.66. The van der Waals surface area contributed by atoms with Crippen molar-refractivity contribution in [3.8, 4) is 17.2 Å². The molecule has 1 atom stereocenters. The van der Waals surface area contributed by atoms with E-state index in [4.69, 9.17) is 26.2 Å². The van der Waals surface area contributed by atoms with E-state index < -0.39 is 34.4 Å². The van der Waals surface area contributed by atoms with Crippen LogP contribution in [-0.4, -0.2) is 22.1 Å². The molecule has 2 aromatic rings. The first-order valence-electron chi connectivity index (χ1n) is 7.21. The first kappa shape index (κ1) is 20.3. The lowest BCUT2D eigenvalue weighted by atomic mass is 10.2. The zero-order chi connectivity index (χ0) is 20.4. The van der Waals surface area contributed by atoms with Crippen molar-refractivity contribution in [1.29, 1.82) is 0 Å². The van der Waals surface area contributed by atoms with E-state index in [1.807, 2.05) is 0 Å². The van der Waals surface area contributed by atoms with Gasteiger partial charge in [0.1, 0.15) is 11.5 Å². The van der Waals surface area contributed by atoms with Crippen molar-refractivity contribution in [2.75, 3.05) is 0 Å². The quantitative estimate of drug-likeness (QED) is 0.541. The lowest BCUT2D eigenvalue weighted by Crippen LogP contribution is -2.23. The monoisotopic (exact) mass is 405 g/mol. The van der Waals surface area contributed by atoms with Gasteiger partial charge in [0.25, 0.3) is 0 Å². The lowest BCUT2D eigenvalue weighted by Gasteiger charge is -2.13. The first-order chi connectivity index (χ1) is 12.5. The summed E-state index contributed by atoms with van der Waals surface area (Å²) < 4.78 is 48.4. The number of aliphatic carboxylic acids is 1. The van der Waals surface area contributed by atoms with Crippen molar-refractivity contribution in [2.45, 2.75) is 19.2 Å². The Kier molecular flexibility index (Phi) is 5.79. The van der Waals surface area contributed by atoms with Crippen LogP contribution in [0.2, 0.25) is 5.02 Å². The number of nitro groups is 1. The Balaban J connectivity index is 2.34. The fraction of sp³-hybridized carbons (Fsp3) is 0.188. The van der Waals surface area contributed by atoms with Gasteiger partial charge in [-0.15, -0.1) is 0 Å². The molecule has 0 amide bonds. The Morgan fingerprint density at radius 1 is 1.22 bits per heavy atom. The molecule has 0 aromatic heterocycles. The van der Waals surface area contributed by atoms with Crippen LogP contribution < -0.4 is 9.47 Å². The molecule has 0 aliphatic carbocycles. The molecule has 0 fully saturated rings. The van der Waals surface area contributed by atoms with Crippen molar-refractivity contribution in [2.24, 2.45) is 0 Å². The van der Waals surface area contributed by atoms with Crippen molar-refractivity contribution < 1.29 is 37.5 Å². The van der Waals surface area contributed by atoms with E-state index in [0.29, 0.717) is 6.07 Å². The third-order valence-corrected chi connectivity index (χ3v) is 3.56. The smallest absolute Gasteiger partial charge is 0.416 e. The number of nitro benzene ring substituents is 1. The number of halogens is 4. The van der Waals surface area contributed by atoms with Crippen LogP contribution in [0, 0.1) is 10.1 Å². The molecule has 27 heavy (non-hydrogen) atoms. The van der Waals surface area contributed by atoms with Crippen LogP contribution in [0.15, 0.2) is 36.4 Å². The second-order valence-electron chi connectivity index (χ2n) is 5.23. The number of carboxylic acids is 1. The van der Waals surface area contributed by atoms with Crippen LogP contribution in [0.25, 0.3) is 0 Å². The summed E-state index contributed by atoms with van der Waals surface area (Å²) >= 11 is 5.79. The van der Waals surface area contributed by atoms with Gasteiger partial charge in [-0.1, -0.05) is 11.6 Å². The predicted octanol–water partition coefficient (Wildman–Crippen LogP) is 4.91. The second-order valence-corrected chi connectivity index (χ2v) is 5.64. The molecule has 7 nitrogen and oxygen atoms in total. The first-order valence-corrected chi connectivity index (χ1v) is 7.59. The van der Waals surface area contributed by atoms with E-state index >= 15 is 0 Å². The van der Waals surface area contributed by atoms with Crippen LogP contribution in [0.4, 0.5) is 18.9 Å². The minimum atomic E-state index is -4.58. The highest BCUT2D eigenvalue weighted by atomic mass is 35.5. The molecule has 1 N–H and O–H groups in total. The molecule has 144 valence electrons. The Labute approximate surface area is 155 Å². The number of rotatable bonds is 6. The Morgan fingerprint density at radius 3 is 2.41 bits per heavy atom. The SMILES string of the molecule is C[C@H](Oc1cc(Oc2ccc(C(F)(F)F)cc2Cl)ccc1[N+](=O)[O-])C(=O)O. The molecule has 0 saturated heterocycles. The highest BCUT2D eigenvalue weighted by Gasteiger charge is 2.31. The largest absolute Gasteiger partial charge is 0.479 e. The van der Waals surface area contributed by atoms with Crippen molar-refractivity contribution >= 4 is 23.3 Å². The summed E-state index contributed by atoms with van der Waals surface area (Å²) in [5, 5.41) is 19.6. The van der Waals surface area contributed by atoms with Crippen LogP contribution in [0.1, 0.15) is 12.5 Å². The van der Waals surface area contributed by atoms with Crippen molar-refractivity contribution in [1.82, 2.24) is 0 Å².